The summed E-state index contributed by atoms with van der Waals surface area (Å²) < 4.78 is 14.8. The van der Waals surface area contributed by atoms with Crippen LogP contribution in [0.4, 0.5) is 4.39 Å². The Balaban J connectivity index is 1.66. The molecular weight excluding hydrogens is 325 g/mol. The highest BCUT2D eigenvalue weighted by Gasteiger charge is 2.26. The molecule has 3 aromatic rings. The van der Waals surface area contributed by atoms with Gasteiger partial charge in [-0.25, -0.2) is 4.39 Å². The molecule has 0 atom stereocenters. The van der Waals surface area contributed by atoms with Crippen molar-refractivity contribution in [2.75, 3.05) is 0 Å². The van der Waals surface area contributed by atoms with Gasteiger partial charge in [-0.3, -0.25) is 9.48 Å². The lowest BCUT2D eigenvalue weighted by atomic mass is 10.2. The maximum absolute atomic E-state index is 13.1. The molecule has 1 aromatic carbocycles. The molecule has 2 aromatic heterocycles. The molecule has 122 valence electrons. The highest BCUT2D eigenvalue weighted by molar-refractivity contribution is 7.13. The van der Waals surface area contributed by atoms with Crippen LogP contribution in [0.3, 0.4) is 0 Å². The van der Waals surface area contributed by atoms with Gasteiger partial charge < -0.3 is 5.32 Å². The topological polar surface area (TPSA) is 46.9 Å². The number of halogens is 1. The monoisotopic (exact) mass is 341 g/mol. The average molecular weight is 341 g/mol. The minimum Gasteiger partial charge on any atom is -0.348 e. The van der Waals surface area contributed by atoms with E-state index in [1.54, 1.807) is 28.2 Å². The second kappa shape index (κ2) is 6.20. The molecule has 2 heterocycles. The summed E-state index contributed by atoms with van der Waals surface area (Å²) in [5.41, 5.74) is 2.22. The van der Waals surface area contributed by atoms with Crippen molar-refractivity contribution in [1.29, 1.82) is 0 Å². The molecule has 4 nitrogen and oxygen atoms in total. The second-order valence-electron chi connectivity index (χ2n) is 5.92. The van der Waals surface area contributed by atoms with Crippen molar-refractivity contribution in [3.05, 3.63) is 64.9 Å². The van der Waals surface area contributed by atoms with Gasteiger partial charge in [-0.1, -0.05) is 18.2 Å². The van der Waals surface area contributed by atoms with Gasteiger partial charge in [0.2, 0.25) is 0 Å². The zero-order valence-corrected chi connectivity index (χ0v) is 13.7. The maximum atomic E-state index is 13.1. The highest BCUT2D eigenvalue weighted by Crippen LogP contribution is 2.25. The second-order valence-corrected chi connectivity index (χ2v) is 6.87. The van der Waals surface area contributed by atoms with Crippen molar-refractivity contribution in [2.24, 2.45) is 0 Å². The Labute approximate surface area is 142 Å². The van der Waals surface area contributed by atoms with Crippen LogP contribution in [0.25, 0.3) is 10.6 Å². The molecule has 6 heteroatoms. The lowest BCUT2D eigenvalue weighted by Crippen LogP contribution is -2.28. The lowest BCUT2D eigenvalue weighted by Gasteiger charge is -2.08. The normalized spacial score (nSPS) is 13.9. The first-order valence-electron chi connectivity index (χ1n) is 7.86. The van der Waals surface area contributed by atoms with Gasteiger partial charge in [0.1, 0.15) is 17.2 Å². The van der Waals surface area contributed by atoms with E-state index in [1.807, 2.05) is 23.6 Å². The van der Waals surface area contributed by atoms with Crippen molar-refractivity contribution in [2.45, 2.75) is 25.4 Å². The Kier molecular flexibility index (Phi) is 3.90. The summed E-state index contributed by atoms with van der Waals surface area (Å²) in [6.07, 6.45) is 2.07. The van der Waals surface area contributed by atoms with Crippen LogP contribution in [0.1, 0.15) is 28.9 Å². The molecular formula is C18H16FN3OS. The van der Waals surface area contributed by atoms with Crippen LogP contribution >= 0.6 is 11.3 Å². The summed E-state index contributed by atoms with van der Waals surface area (Å²) in [5, 5.41) is 9.58. The molecule has 0 aliphatic heterocycles. The Morgan fingerprint density at radius 2 is 2.08 bits per heavy atom. The largest absolute Gasteiger partial charge is 0.348 e. The predicted octanol–water partition coefficient (Wildman–Crippen LogP) is 3.69. The van der Waals surface area contributed by atoms with Gasteiger partial charge in [-0.2, -0.15) is 5.10 Å². The van der Waals surface area contributed by atoms with Gasteiger partial charge in [-0.05, 0) is 48.1 Å². The number of nitrogens with zero attached hydrogens (tertiary/aromatic N) is 2. The standard InChI is InChI=1S/C18H16FN3OS/c19-13-5-3-12(4-6-13)11-22-16(18(23)20-14-7-8-14)10-15(21-22)17-2-1-9-24-17/h1-6,9-10,14H,7-8,11H2,(H,20,23). The third-order valence-corrected chi connectivity index (χ3v) is 4.84. The lowest BCUT2D eigenvalue weighted by molar-refractivity contribution is 0.0941. The van der Waals surface area contributed by atoms with Gasteiger partial charge in [0.15, 0.2) is 0 Å². The number of carbonyl (C=O) groups is 1. The number of carbonyl (C=O) groups excluding carboxylic acids is 1. The Hall–Kier alpha value is -2.47. The summed E-state index contributed by atoms with van der Waals surface area (Å²) in [5.74, 6) is -0.375. The van der Waals surface area contributed by atoms with Gasteiger partial charge in [0.05, 0.1) is 11.4 Å². The van der Waals surface area contributed by atoms with E-state index in [0.717, 1.165) is 29.0 Å². The van der Waals surface area contributed by atoms with Gasteiger partial charge in [-0.15, -0.1) is 11.3 Å². The van der Waals surface area contributed by atoms with Crippen LogP contribution in [-0.2, 0) is 6.54 Å². The van der Waals surface area contributed by atoms with Crippen LogP contribution in [-0.4, -0.2) is 21.7 Å². The first kappa shape index (κ1) is 15.1. The molecule has 4 rings (SSSR count). The molecule has 1 aliphatic carbocycles. The van der Waals surface area contributed by atoms with Crippen molar-refractivity contribution in [3.8, 4) is 10.6 Å². The molecule has 1 aliphatic rings. The van der Waals surface area contributed by atoms with E-state index in [4.69, 9.17) is 0 Å². The molecule has 0 bridgehead atoms. The third kappa shape index (κ3) is 3.23. The number of thiophene rings is 1. The fourth-order valence-electron chi connectivity index (χ4n) is 2.51. The molecule has 0 radical (unpaired) electrons. The van der Waals surface area contributed by atoms with Crippen LogP contribution in [0.2, 0.25) is 0 Å². The molecule has 1 saturated carbocycles. The SMILES string of the molecule is O=C(NC1CC1)c1cc(-c2cccs2)nn1Cc1ccc(F)cc1. The number of rotatable bonds is 5. The van der Waals surface area contributed by atoms with E-state index in [-0.39, 0.29) is 17.8 Å². The van der Waals surface area contributed by atoms with E-state index >= 15 is 0 Å². The number of hydrogen-bond donors (Lipinski definition) is 1. The van der Waals surface area contributed by atoms with E-state index < -0.39 is 0 Å². The van der Waals surface area contributed by atoms with E-state index in [2.05, 4.69) is 10.4 Å². The van der Waals surface area contributed by atoms with Crippen LogP contribution in [0, 0.1) is 5.82 Å². The van der Waals surface area contributed by atoms with Gasteiger partial charge in [0, 0.05) is 6.04 Å². The Morgan fingerprint density at radius 3 is 2.75 bits per heavy atom. The predicted molar refractivity (Wildman–Crippen MR) is 91.5 cm³/mol. The number of aromatic nitrogens is 2. The fourth-order valence-corrected chi connectivity index (χ4v) is 3.20. The first-order chi connectivity index (χ1) is 11.7. The average Bonchev–Trinajstić information content (AvgIpc) is 3.07. The van der Waals surface area contributed by atoms with Crippen molar-refractivity contribution >= 4 is 17.2 Å². The summed E-state index contributed by atoms with van der Waals surface area (Å²) >= 11 is 1.59. The molecule has 1 fully saturated rings. The molecule has 1 N–H and O–H groups in total. The number of nitrogens with one attached hydrogen (secondary N) is 1. The zero-order chi connectivity index (χ0) is 16.5. The number of amides is 1. The van der Waals surface area contributed by atoms with E-state index in [0.29, 0.717) is 12.2 Å². The van der Waals surface area contributed by atoms with Crippen molar-refractivity contribution in [1.82, 2.24) is 15.1 Å². The molecule has 0 unspecified atom stereocenters. The highest BCUT2D eigenvalue weighted by atomic mass is 32.1. The maximum Gasteiger partial charge on any atom is 0.269 e. The summed E-state index contributed by atoms with van der Waals surface area (Å²) in [7, 11) is 0. The summed E-state index contributed by atoms with van der Waals surface area (Å²) in [6, 6.07) is 12.3. The first-order valence-corrected chi connectivity index (χ1v) is 8.74. The smallest absolute Gasteiger partial charge is 0.269 e. The third-order valence-electron chi connectivity index (χ3n) is 3.94. The number of benzene rings is 1. The molecule has 0 spiro atoms. The van der Waals surface area contributed by atoms with Crippen molar-refractivity contribution < 1.29 is 9.18 Å². The molecule has 24 heavy (non-hydrogen) atoms. The van der Waals surface area contributed by atoms with Crippen LogP contribution in [0.15, 0.2) is 47.8 Å². The van der Waals surface area contributed by atoms with E-state index in [1.165, 1.54) is 12.1 Å². The minimum absolute atomic E-state index is 0.102. The van der Waals surface area contributed by atoms with Crippen LogP contribution < -0.4 is 5.32 Å². The van der Waals surface area contributed by atoms with Crippen LogP contribution in [0.5, 0.6) is 0 Å². The molecule has 1 amide bonds. The fraction of sp³-hybridized carbons (Fsp3) is 0.222. The zero-order valence-electron chi connectivity index (χ0n) is 12.9. The van der Waals surface area contributed by atoms with Gasteiger partial charge >= 0.3 is 0 Å². The van der Waals surface area contributed by atoms with E-state index in [9.17, 15) is 9.18 Å². The Morgan fingerprint density at radius 1 is 1.29 bits per heavy atom. The summed E-state index contributed by atoms with van der Waals surface area (Å²) in [6.45, 7) is 0.430. The van der Waals surface area contributed by atoms with Gasteiger partial charge in [0.25, 0.3) is 5.91 Å². The Bertz CT molecular complexity index is 851. The summed E-state index contributed by atoms with van der Waals surface area (Å²) in [4.78, 5) is 13.5. The quantitative estimate of drug-likeness (QED) is 0.769. The number of hydrogen-bond acceptors (Lipinski definition) is 3. The minimum atomic E-state index is -0.273. The molecule has 0 saturated heterocycles. The van der Waals surface area contributed by atoms with Crippen molar-refractivity contribution in [3.63, 3.8) is 0 Å².